The van der Waals surface area contributed by atoms with Crippen molar-refractivity contribution >= 4 is 5.97 Å². The first kappa shape index (κ1) is 10.0. The summed E-state index contributed by atoms with van der Waals surface area (Å²) in [4.78, 5) is 10.4. The minimum atomic E-state index is -0.722. The van der Waals surface area contributed by atoms with E-state index in [9.17, 15) is 4.79 Å². The van der Waals surface area contributed by atoms with Crippen LogP contribution in [0.2, 0.25) is 0 Å². The molecule has 0 saturated heterocycles. The Labute approximate surface area is 79.0 Å². The van der Waals surface area contributed by atoms with Crippen molar-refractivity contribution in [2.24, 2.45) is 5.92 Å². The van der Waals surface area contributed by atoms with Crippen LogP contribution in [0.3, 0.4) is 0 Å². The fourth-order valence-corrected chi connectivity index (χ4v) is 1.69. The van der Waals surface area contributed by atoms with Crippen LogP contribution >= 0.6 is 0 Å². The fraction of sp³-hybridized carbons (Fsp3) is 0.545. The molecule has 1 N–H and O–H groups in total. The van der Waals surface area contributed by atoms with Crippen molar-refractivity contribution in [3.63, 3.8) is 0 Å². The van der Waals surface area contributed by atoms with Crippen LogP contribution in [0.25, 0.3) is 0 Å². The molecule has 1 aliphatic rings. The van der Waals surface area contributed by atoms with Crippen LogP contribution in [0, 0.1) is 5.92 Å². The van der Waals surface area contributed by atoms with E-state index in [2.05, 4.69) is 12.7 Å². The Bertz CT molecular complexity index is 251. The van der Waals surface area contributed by atoms with Gasteiger partial charge in [-0.05, 0) is 32.1 Å². The molecule has 0 heterocycles. The Balaban J connectivity index is 2.47. The number of carboxylic acid groups (broad SMARTS) is 1. The Hall–Kier alpha value is -1.05. The van der Waals surface area contributed by atoms with Crippen LogP contribution in [0.4, 0.5) is 0 Å². The number of allylic oxidation sites excluding steroid dienone is 2. The summed E-state index contributed by atoms with van der Waals surface area (Å²) in [5, 5.41) is 8.58. The summed E-state index contributed by atoms with van der Waals surface area (Å²) in [5.74, 6) is -0.155. The van der Waals surface area contributed by atoms with E-state index in [4.69, 9.17) is 5.11 Å². The molecule has 0 bridgehead atoms. The van der Waals surface area contributed by atoms with E-state index in [1.807, 2.05) is 6.92 Å². The van der Waals surface area contributed by atoms with Gasteiger partial charge in [0, 0.05) is 0 Å². The normalized spacial score (nSPS) is 22.2. The molecule has 0 radical (unpaired) electrons. The molecule has 2 heteroatoms. The molecule has 1 rings (SSSR count). The molecular weight excluding hydrogens is 164 g/mol. The monoisotopic (exact) mass is 180 g/mol. The highest BCUT2D eigenvalue weighted by atomic mass is 16.4. The maximum absolute atomic E-state index is 10.4. The molecule has 2 nitrogen and oxygen atoms in total. The Morgan fingerprint density at radius 3 is 2.85 bits per heavy atom. The molecule has 13 heavy (non-hydrogen) atoms. The van der Waals surface area contributed by atoms with Gasteiger partial charge in [0.05, 0.1) is 6.42 Å². The summed E-state index contributed by atoms with van der Waals surface area (Å²) in [6.07, 6.45) is 5.23. The quantitative estimate of drug-likeness (QED) is 0.678. The van der Waals surface area contributed by atoms with E-state index in [0.717, 1.165) is 24.8 Å². The van der Waals surface area contributed by atoms with Crippen LogP contribution in [-0.4, -0.2) is 11.1 Å². The molecule has 0 aromatic carbocycles. The number of hydrogen-bond donors (Lipinski definition) is 1. The van der Waals surface area contributed by atoms with E-state index >= 15 is 0 Å². The molecule has 1 unspecified atom stereocenters. The van der Waals surface area contributed by atoms with Crippen LogP contribution in [0.5, 0.6) is 0 Å². The average molecular weight is 180 g/mol. The first-order valence-corrected chi connectivity index (χ1v) is 4.64. The minimum absolute atomic E-state index is 0.211. The standard InChI is InChI=1S/C11H16O2/c1-8(2)10-5-3-9(4-6-10)7-11(12)13/h3,10H,1,4-7H2,2H3,(H,12,13). The van der Waals surface area contributed by atoms with Gasteiger partial charge in [0.1, 0.15) is 0 Å². The molecule has 1 atom stereocenters. The molecule has 0 spiro atoms. The summed E-state index contributed by atoms with van der Waals surface area (Å²) in [5.41, 5.74) is 2.29. The molecule has 0 fully saturated rings. The van der Waals surface area contributed by atoms with E-state index in [1.165, 1.54) is 5.57 Å². The minimum Gasteiger partial charge on any atom is -0.481 e. The third-order valence-corrected chi connectivity index (χ3v) is 2.58. The van der Waals surface area contributed by atoms with Crippen molar-refractivity contribution in [3.8, 4) is 0 Å². The molecule has 72 valence electrons. The van der Waals surface area contributed by atoms with Gasteiger partial charge in [0.15, 0.2) is 0 Å². The largest absolute Gasteiger partial charge is 0.481 e. The lowest BCUT2D eigenvalue weighted by molar-refractivity contribution is -0.136. The number of carbonyl (C=O) groups is 1. The molecule has 0 aliphatic heterocycles. The third kappa shape index (κ3) is 3.05. The molecule has 1 aliphatic carbocycles. The molecule has 0 aromatic rings. The van der Waals surface area contributed by atoms with Gasteiger partial charge in [-0.3, -0.25) is 4.79 Å². The van der Waals surface area contributed by atoms with Gasteiger partial charge in [-0.2, -0.15) is 0 Å². The number of carboxylic acids is 1. The van der Waals surface area contributed by atoms with Crippen LogP contribution < -0.4 is 0 Å². The second kappa shape index (κ2) is 4.26. The van der Waals surface area contributed by atoms with Gasteiger partial charge < -0.3 is 5.11 Å². The molecule has 0 amide bonds. The predicted octanol–water partition coefficient (Wildman–Crippen LogP) is 2.76. The average Bonchev–Trinajstić information content (AvgIpc) is 2.04. The zero-order valence-corrected chi connectivity index (χ0v) is 8.05. The van der Waals surface area contributed by atoms with Gasteiger partial charge in [0.25, 0.3) is 0 Å². The second-order valence-electron chi connectivity index (χ2n) is 3.75. The van der Waals surface area contributed by atoms with E-state index < -0.39 is 5.97 Å². The maximum Gasteiger partial charge on any atom is 0.307 e. The van der Waals surface area contributed by atoms with Crippen molar-refractivity contribution in [2.75, 3.05) is 0 Å². The van der Waals surface area contributed by atoms with Crippen molar-refractivity contribution < 1.29 is 9.90 Å². The Morgan fingerprint density at radius 2 is 2.46 bits per heavy atom. The summed E-state index contributed by atoms with van der Waals surface area (Å²) >= 11 is 0. The molecule has 0 aromatic heterocycles. The number of aliphatic carboxylic acids is 1. The highest BCUT2D eigenvalue weighted by molar-refractivity contribution is 5.70. The summed E-state index contributed by atoms with van der Waals surface area (Å²) < 4.78 is 0. The molecular formula is C11H16O2. The lowest BCUT2D eigenvalue weighted by Gasteiger charge is -2.21. The van der Waals surface area contributed by atoms with E-state index in [1.54, 1.807) is 0 Å². The number of rotatable bonds is 3. The Kier molecular flexibility index (Phi) is 3.29. The predicted molar refractivity (Wildman–Crippen MR) is 52.5 cm³/mol. The van der Waals surface area contributed by atoms with Crippen LogP contribution in [0.15, 0.2) is 23.8 Å². The fourth-order valence-electron chi connectivity index (χ4n) is 1.69. The van der Waals surface area contributed by atoms with Crippen LogP contribution in [-0.2, 0) is 4.79 Å². The summed E-state index contributed by atoms with van der Waals surface area (Å²) in [6, 6.07) is 0. The summed E-state index contributed by atoms with van der Waals surface area (Å²) in [7, 11) is 0. The van der Waals surface area contributed by atoms with Crippen molar-refractivity contribution in [1.29, 1.82) is 0 Å². The van der Waals surface area contributed by atoms with Crippen molar-refractivity contribution in [1.82, 2.24) is 0 Å². The lowest BCUT2D eigenvalue weighted by Crippen LogP contribution is -2.08. The van der Waals surface area contributed by atoms with Gasteiger partial charge in [-0.1, -0.05) is 23.8 Å². The van der Waals surface area contributed by atoms with Crippen molar-refractivity contribution in [2.45, 2.75) is 32.6 Å². The smallest absolute Gasteiger partial charge is 0.307 e. The zero-order chi connectivity index (χ0) is 9.84. The Morgan fingerprint density at radius 1 is 1.77 bits per heavy atom. The summed E-state index contributed by atoms with van der Waals surface area (Å²) in [6.45, 7) is 5.96. The van der Waals surface area contributed by atoms with E-state index in [0.29, 0.717) is 5.92 Å². The van der Waals surface area contributed by atoms with Gasteiger partial charge in [-0.25, -0.2) is 0 Å². The SMILES string of the molecule is C=C(C)C1CC=C(CC(=O)O)CC1. The van der Waals surface area contributed by atoms with Gasteiger partial charge in [-0.15, -0.1) is 0 Å². The molecule has 0 saturated carbocycles. The van der Waals surface area contributed by atoms with Crippen LogP contribution in [0.1, 0.15) is 32.6 Å². The maximum atomic E-state index is 10.4. The third-order valence-electron chi connectivity index (χ3n) is 2.58. The first-order valence-electron chi connectivity index (χ1n) is 4.64. The number of hydrogen-bond acceptors (Lipinski definition) is 1. The first-order chi connectivity index (χ1) is 6.09. The van der Waals surface area contributed by atoms with E-state index in [-0.39, 0.29) is 6.42 Å². The lowest BCUT2D eigenvalue weighted by atomic mass is 9.85. The highest BCUT2D eigenvalue weighted by Gasteiger charge is 2.15. The van der Waals surface area contributed by atoms with Gasteiger partial charge in [0.2, 0.25) is 0 Å². The topological polar surface area (TPSA) is 37.3 Å². The zero-order valence-electron chi connectivity index (χ0n) is 8.05. The highest BCUT2D eigenvalue weighted by Crippen LogP contribution is 2.29. The van der Waals surface area contributed by atoms with Gasteiger partial charge >= 0.3 is 5.97 Å². The second-order valence-corrected chi connectivity index (χ2v) is 3.75. The van der Waals surface area contributed by atoms with Crippen molar-refractivity contribution in [3.05, 3.63) is 23.8 Å².